The number of hydrogen-bond acceptors (Lipinski definition) is 3. The molecule has 2 atom stereocenters. The molecular formula is C26H24N2O2. The summed E-state index contributed by atoms with van der Waals surface area (Å²) in [7, 11) is 0. The zero-order valence-corrected chi connectivity index (χ0v) is 17.0. The highest BCUT2D eigenvalue weighted by Gasteiger charge is 2.31. The van der Waals surface area contributed by atoms with Crippen molar-refractivity contribution >= 4 is 10.9 Å². The molecule has 1 aromatic heterocycles. The van der Waals surface area contributed by atoms with E-state index in [1.807, 2.05) is 6.07 Å². The number of aromatic nitrogens is 1. The average molecular weight is 396 g/mol. The molecule has 1 N–H and O–H groups in total. The number of nitrogens with zero attached hydrogens (tertiary/aromatic N) is 1. The fourth-order valence-corrected chi connectivity index (χ4v) is 5.03. The highest BCUT2D eigenvalue weighted by molar-refractivity contribution is 5.86. The molecule has 6 rings (SSSR count). The number of ether oxygens (including phenoxy) is 2. The van der Waals surface area contributed by atoms with Crippen LogP contribution < -0.4 is 14.8 Å². The maximum atomic E-state index is 5.67. The maximum Gasteiger partial charge on any atom is 0.231 e. The minimum absolute atomic E-state index is 0.113. The zero-order chi connectivity index (χ0) is 20.1. The first-order valence-corrected chi connectivity index (χ1v) is 10.6. The third kappa shape index (κ3) is 2.64. The lowest BCUT2D eigenvalue weighted by Crippen LogP contribution is -2.32. The molecule has 3 heterocycles. The summed E-state index contributed by atoms with van der Waals surface area (Å²) in [6.45, 7) is 3.56. The first kappa shape index (κ1) is 17.6. The molecule has 2 aliphatic rings. The predicted octanol–water partition coefficient (Wildman–Crippen LogP) is 5.21. The molecule has 0 radical (unpaired) electrons. The van der Waals surface area contributed by atoms with Crippen LogP contribution in [0.1, 0.15) is 41.4 Å². The first-order chi connectivity index (χ1) is 14.8. The number of benzene rings is 3. The summed E-state index contributed by atoms with van der Waals surface area (Å²) in [6, 6.07) is 26.2. The fraction of sp³-hybridized carbons (Fsp3) is 0.231. The third-order valence-corrected chi connectivity index (χ3v) is 6.45. The minimum Gasteiger partial charge on any atom is -0.454 e. The Hall–Kier alpha value is -3.24. The molecule has 0 spiro atoms. The van der Waals surface area contributed by atoms with E-state index in [0.717, 1.165) is 24.5 Å². The van der Waals surface area contributed by atoms with E-state index in [-0.39, 0.29) is 12.1 Å². The van der Waals surface area contributed by atoms with Gasteiger partial charge in [0.2, 0.25) is 6.79 Å². The number of fused-ring (bicyclic) bond motifs is 4. The van der Waals surface area contributed by atoms with Crippen LogP contribution in [0.4, 0.5) is 0 Å². The van der Waals surface area contributed by atoms with E-state index < -0.39 is 0 Å². The van der Waals surface area contributed by atoms with Gasteiger partial charge >= 0.3 is 0 Å². The highest BCUT2D eigenvalue weighted by atomic mass is 16.7. The van der Waals surface area contributed by atoms with E-state index >= 15 is 0 Å². The van der Waals surface area contributed by atoms with Crippen molar-refractivity contribution in [1.29, 1.82) is 0 Å². The van der Waals surface area contributed by atoms with Gasteiger partial charge in [-0.1, -0.05) is 54.6 Å². The smallest absolute Gasteiger partial charge is 0.231 e. The van der Waals surface area contributed by atoms with Crippen molar-refractivity contribution in [1.82, 2.24) is 9.88 Å². The SMILES string of the molecule is C[C@H](c1ccccc1)n1c2c(c3ccccc31)CCN[C@H]2c1ccc2c(c1)OCO2. The van der Waals surface area contributed by atoms with Crippen LogP contribution in [0.2, 0.25) is 0 Å². The molecule has 0 fully saturated rings. The molecule has 0 amide bonds. The summed E-state index contributed by atoms with van der Waals surface area (Å²) in [4.78, 5) is 0. The lowest BCUT2D eigenvalue weighted by molar-refractivity contribution is 0.174. The van der Waals surface area contributed by atoms with E-state index in [1.54, 1.807) is 0 Å². The molecule has 3 aromatic carbocycles. The van der Waals surface area contributed by atoms with Crippen LogP contribution in [0.3, 0.4) is 0 Å². The van der Waals surface area contributed by atoms with Crippen LogP contribution in [0, 0.1) is 0 Å². The molecule has 0 bridgehead atoms. The normalized spacial score (nSPS) is 18.4. The van der Waals surface area contributed by atoms with Gasteiger partial charge in [0.25, 0.3) is 0 Å². The minimum atomic E-state index is 0.113. The van der Waals surface area contributed by atoms with Crippen molar-refractivity contribution in [2.75, 3.05) is 13.3 Å². The summed E-state index contributed by atoms with van der Waals surface area (Å²) < 4.78 is 13.7. The zero-order valence-electron chi connectivity index (χ0n) is 17.0. The molecule has 0 saturated heterocycles. The van der Waals surface area contributed by atoms with E-state index in [4.69, 9.17) is 9.47 Å². The second-order valence-corrected chi connectivity index (χ2v) is 8.09. The van der Waals surface area contributed by atoms with Crippen molar-refractivity contribution in [3.63, 3.8) is 0 Å². The molecule has 30 heavy (non-hydrogen) atoms. The van der Waals surface area contributed by atoms with Gasteiger partial charge in [0.05, 0.1) is 12.1 Å². The van der Waals surface area contributed by atoms with E-state index in [1.165, 1.54) is 33.3 Å². The molecule has 2 aliphatic heterocycles. The van der Waals surface area contributed by atoms with Gasteiger partial charge in [0.1, 0.15) is 0 Å². The Balaban J connectivity index is 1.57. The van der Waals surface area contributed by atoms with Crippen molar-refractivity contribution in [3.05, 3.63) is 95.2 Å². The topological polar surface area (TPSA) is 35.4 Å². The monoisotopic (exact) mass is 396 g/mol. The van der Waals surface area contributed by atoms with Gasteiger partial charge in [-0.25, -0.2) is 0 Å². The highest BCUT2D eigenvalue weighted by Crippen LogP contribution is 2.42. The van der Waals surface area contributed by atoms with Gasteiger partial charge in [-0.15, -0.1) is 0 Å². The van der Waals surface area contributed by atoms with Crippen molar-refractivity contribution in [3.8, 4) is 11.5 Å². The van der Waals surface area contributed by atoms with Gasteiger partial charge in [-0.2, -0.15) is 0 Å². The predicted molar refractivity (Wildman–Crippen MR) is 118 cm³/mol. The van der Waals surface area contributed by atoms with E-state index in [2.05, 4.69) is 83.5 Å². The molecule has 4 heteroatoms. The van der Waals surface area contributed by atoms with Crippen LogP contribution in [0.25, 0.3) is 10.9 Å². The number of rotatable bonds is 3. The Morgan fingerprint density at radius 1 is 0.933 bits per heavy atom. The summed E-state index contributed by atoms with van der Waals surface area (Å²) >= 11 is 0. The second kappa shape index (κ2) is 6.92. The number of hydrogen-bond donors (Lipinski definition) is 1. The standard InChI is InChI=1S/C26H24N2O2/c1-17(18-7-3-2-4-8-18)28-22-10-6-5-9-20(22)21-13-14-27-25(26(21)28)19-11-12-23-24(15-19)30-16-29-23/h2-12,15,17,25,27H,13-14,16H2,1H3/t17-,25+/m1/s1. The molecule has 0 saturated carbocycles. The summed E-state index contributed by atoms with van der Waals surface area (Å²) in [5.74, 6) is 1.66. The Labute approximate surface area is 176 Å². The summed E-state index contributed by atoms with van der Waals surface area (Å²) in [5, 5.41) is 5.14. The Bertz CT molecular complexity index is 1230. The fourth-order valence-electron chi connectivity index (χ4n) is 5.03. The van der Waals surface area contributed by atoms with Crippen LogP contribution in [-0.4, -0.2) is 17.9 Å². The van der Waals surface area contributed by atoms with Gasteiger partial charge in [0, 0.05) is 23.1 Å². The van der Waals surface area contributed by atoms with Gasteiger partial charge in [0.15, 0.2) is 11.5 Å². The Morgan fingerprint density at radius 3 is 2.63 bits per heavy atom. The summed E-state index contributed by atoms with van der Waals surface area (Å²) in [6.07, 6.45) is 1.03. The number of nitrogens with one attached hydrogen (secondary N) is 1. The van der Waals surface area contributed by atoms with Crippen LogP contribution in [0.15, 0.2) is 72.8 Å². The largest absolute Gasteiger partial charge is 0.454 e. The molecule has 150 valence electrons. The lowest BCUT2D eigenvalue weighted by atomic mass is 9.93. The van der Waals surface area contributed by atoms with Crippen molar-refractivity contribution < 1.29 is 9.47 Å². The van der Waals surface area contributed by atoms with Gasteiger partial charge in [-0.05, 0) is 48.2 Å². The molecule has 0 unspecified atom stereocenters. The van der Waals surface area contributed by atoms with Crippen molar-refractivity contribution in [2.45, 2.75) is 25.4 Å². The second-order valence-electron chi connectivity index (χ2n) is 8.09. The van der Waals surface area contributed by atoms with E-state index in [9.17, 15) is 0 Å². The van der Waals surface area contributed by atoms with E-state index in [0.29, 0.717) is 6.79 Å². The Morgan fingerprint density at radius 2 is 1.73 bits per heavy atom. The number of para-hydroxylation sites is 1. The van der Waals surface area contributed by atoms with Gasteiger partial charge < -0.3 is 19.4 Å². The van der Waals surface area contributed by atoms with Crippen LogP contribution >= 0.6 is 0 Å². The quantitative estimate of drug-likeness (QED) is 0.516. The summed E-state index contributed by atoms with van der Waals surface area (Å²) in [5.41, 5.74) is 6.64. The molecule has 0 aliphatic carbocycles. The van der Waals surface area contributed by atoms with Crippen molar-refractivity contribution in [2.24, 2.45) is 0 Å². The third-order valence-electron chi connectivity index (χ3n) is 6.45. The lowest BCUT2D eigenvalue weighted by Gasteiger charge is -2.30. The molecule has 4 aromatic rings. The van der Waals surface area contributed by atoms with Gasteiger partial charge in [-0.3, -0.25) is 0 Å². The Kier molecular flexibility index (Phi) is 4.06. The van der Waals surface area contributed by atoms with Crippen LogP contribution in [-0.2, 0) is 6.42 Å². The first-order valence-electron chi connectivity index (χ1n) is 10.6. The average Bonchev–Trinajstić information content (AvgIpc) is 3.41. The molecular weight excluding hydrogens is 372 g/mol. The molecule has 4 nitrogen and oxygen atoms in total. The van der Waals surface area contributed by atoms with Crippen LogP contribution in [0.5, 0.6) is 11.5 Å². The maximum absolute atomic E-state index is 5.67.